The minimum atomic E-state index is -5.03. The number of piperazine rings is 1. The zero-order valence-corrected chi connectivity index (χ0v) is 15.5. The van der Waals surface area contributed by atoms with Gasteiger partial charge in [0.1, 0.15) is 0 Å². The normalized spacial score (nSPS) is 16.9. The minimum Gasteiger partial charge on any atom is -0.428 e. The standard InChI is InChI=1S/C16H16F3N3O5S/c1-11(23)14(16(17,18)19)27-15(24)21-6-8-22(9-7-21)28(25,26)13-4-2-12(10-20)3-5-13/h2-5,14H,6-9H2,1H3. The summed E-state index contributed by atoms with van der Waals surface area (Å²) in [5.41, 5.74) is 0.288. The highest BCUT2D eigenvalue weighted by atomic mass is 32.2. The van der Waals surface area contributed by atoms with Crippen molar-refractivity contribution in [3.05, 3.63) is 29.8 Å². The SMILES string of the molecule is CC(=O)C(OC(=O)N1CCN(S(=O)(=O)c2ccc(C#N)cc2)CC1)C(F)(F)F. The number of carbonyl (C=O) groups is 2. The number of nitrogens with zero attached hydrogens (tertiary/aromatic N) is 3. The molecule has 0 saturated carbocycles. The number of sulfonamides is 1. The average molecular weight is 419 g/mol. The Morgan fingerprint density at radius 1 is 1.14 bits per heavy atom. The summed E-state index contributed by atoms with van der Waals surface area (Å²) < 4.78 is 68.7. The Morgan fingerprint density at radius 3 is 2.11 bits per heavy atom. The lowest BCUT2D eigenvalue weighted by Gasteiger charge is -2.34. The summed E-state index contributed by atoms with van der Waals surface area (Å²) in [5, 5.41) is 8.76. The molecule has 1 saturated heterocycles. The maximum absolute atomic E-state index is 12.7. The molecule has 0 aromatic heterocycles. The quantitative estimate of drug-likeness (QED) is 0.732. The van der Waals surface area contributed by atoms with Crippen LogP contribution >= 0.6 is 0 Å². The molecule has 12 heteroatoms. The number of carbonyl (C=O) groups excluding carboxylic acids is 2. The fraction of sp³-hybridized carbons (Fsp3) is 0.438. The van der Waals surface area contributed by atoms with Crippen LogP contribution in [0.15, 0.2) is 29.2 Å². The van der Waals surface area contributed by atoms with Crippen LogP contribution in [0.2, 0.25) is 0 Å². The van der Waals surface area contributed by atoms with E-state index < -0.39 is 34.2 Å². The summed E-state index contributed by atoms with van der Waals surface area (Å²) in [5.74, 6) is -1.36. The zero-order valence-electron chi connectivity index (χ0n) is 14.6. The van der Waals surface area contributed by atoms with Gasteiger partial charge >= 0.3 is 12.3 Å². The van der Waals surface area contributed by atoms with E-state index >= 15 is 0 Å². The molecule has 1 unspecified atom stereocenters. The molecule has 1 aromatic rings. The van der Waals surface area contributed by atoms with Crippen LogP contribution in [0.25, 0.3) is 0 Å². The number of amides is 1. The van der Waals surface area contributed by atoms with Crippen molar-refractivity contribution in [1.82, 2.24) is 9.21 Å². The lowest BCUT2D eigenvalue weighted by Crippen LogP contribution is -2.52. The molecule has 28 heavy (non-hydrogen) atoms. The van der Waals surface area contributed by atoms with Gasteiger partial charge in [-0.05, 0) is 31.2 Å². The average Bonchev–Trinajstić information content (AvgIpc) is 2.64. The Hall–Kier alpha value is -2.65. The lowest BCUT2D eigenvalue weighted by molar-refractivity contribution is -0.204. The second-order valence-corrected chi connectivity index (χ2v) is 7.88. The molecular weight excluding hydrogens is 403 g/mol. The molecule has 1 aliphatic rings. The van der Waals surface area contributed by atoms with Crippen molar-refractivity contribution in [1.29, 1.82) is 5.26 Å². The smallest absolute Gasteiger partial charge is 0.428 e. The first-order valence-electron chi connectivity index (χ1n) is 8.00. The Morgan fingerprint density at radius 2 is 1.68 bits per heavy atom. The molecule has 0 N–H and O–H groups in total. The van der Waals surface area contributed by atoms with Gasteiger partial charge in [0.05, 0.1) is 16.5 Å². The molecule has 1 aromatic carbocycles. The van der Waals surface area contributed by atoms with Gasteiger partial charge < -0.3 is 9.64 Å². The molecule has 1 fully saturated rings. The van der Waals surface area contributed by atoms with Gasteiger partial charge in [0, 0.05) is 26.2 Å². The summed E-state index contributed by atoms with van der Waals surface area (Å²) >= 11 is 0. The fourth-order valence-electron chi connectivity index (χ4n) is 2.52. The minimum absolute atomic E-state index is 0.0451. The van der Waals surface area contributed by atoms with Gasteiger partial charge in [0.25, 0.3) is 6.10 Å². The largest absolute Gasteiger partial charge is 0.432 e. The van der Waals surface area contributed by atoms with Crippen LogP contribution in [-0.2, 0) is 19.6 Å². The monoisotopic (exact) mass is 419 g/mol. The van der Waals surface area contributed by atoms with Gasteiger partial charge in [-0.1, -0.05) is 0 Å². The van der Waals surface area contributed by atoms with Crippen molar-refractivity contribution < 1.29 is 35.9 Å². The number of ketones is 1. The van der Waals surface area contributed by atoms with Crippen LogP contribution < -0.4 is 0 Å². The third-order valence-electron chi connectivity index (χ3n) is 4.00. The summed E-state index contributed by atoms with van der Waals surface area (Å²) in [6.07, 6.45) is -9.23. The number of benzene rings is 1. The maximum Gasteiger partial charge on any atom is 0.432 e. The van der Waals surface area contributed by atoms with Gasteiger partial charge in [-0.2, -0.15) is 22.7 Å². The third kappa shape index (κ3) is 4.79. The summed E-state index contributed by atoms with van der Waals surface area (Å²) in [7, 11) is -3.88. The Labute approximate surface area is 159 Å². The number of hydrogen-bond acceptors (Lipinski definition) is 6. The van der Waals surface area contributed by atoms with E-state index in [-0.39, 0.29) is 36.6 Å². The summed E-state index contributed by atoms with van der Waals surface area (Å²) in [6.45, 7) is -0.0520. The van der Waals surface area contributed by atoms with Crippen LogP contribution in [-0.4, -0.2) is 68.0 Å². The number of halogens is 3. The molecule has 1 amide bonds. The highest BCUT2D eigenvalue weighted by Gasteiger charge is 2.47. The van der Waals surface area contributed by atoms with E-state index in [2.05, 4.69) is 4.74 Å². The van der Waals surface area contributed by atoms with E-state index in [1.54, 1.807) is 0 Å². The molecule has 152 valence electrons. The first kappa shape index (κ1) is 21.6. The van der Waals surface area contributed by atoms with E-state index in [0.29, 0.717) is 6.92 Å². The van der Waals surface area contributed by atoms with Crippen LogP contribution in [0, 0.1) is 11.3 Å². The number of Topliss-reactive ketones (excluding diaryl/α,β-unsaturated/α-hetero) is 1. The molecule has 8 nitrogen and oxygen atoms in total. The first-order valence-corrected chi connectivity index (χ1v) is 9.44. The molecule has 0 bridgehead atoms. The molecule has 1 heterocycles. The molecule has 2 rings (SSSR count). The van der Waals surface area contributed by atoms with Crippen LogP contribution in [0.4, 0.5) is 18.0 Å². The third-order valence-corrected chi connectivity index (χ3v) is 5.92. The van der Waals surface area contributed by atoms with Crippen molar-refractivity contribution in [2.45, 2.75) is 24.1 Å². The molecule has 1 atom stereocenters. The fourth-order valence-corrected chi connectivity index (χ4v) is 3.94. The molecular formula is C16H16F3N3O5S. The van der Waals surface area contributed by atoms with Crippen molar-refractivity contribution in [2.75, 3.05) is 26.2 Å². The predicted molar refractivity (Wildman–Crippen MR) is 88.5 cm³/mol. The van der Waals surface area contributed by atoms with Crippen molar-refractivity contribution in [2.24, 2.45) is 0 Å². The van der Waals surface area contributed by atoms with Crippen LogP contribution in [0.5, 0.6) is 0 Å². The van der Waals surface area contributed by atoms with E-state index in [4.69, 9.17) is 5.26 Å². The van der Waals surface area contributed by atoms with Gasteiger partial charge in [-0.3, -0.25) is 4.79 Å². The molecule has 1 aliphatic heterocycles. The second kappa shape index (κ2) is 8.15. The number of alkyl halides is 3. The first-order chi connectivity index (χ1) is 13.0. The Balaban J connectivity index is 2.02. The van der Waals surface area contributed by atoms with E-state index in [0.717, 1.165) is 9.21 Å². The molecule has 0 radical (unpaired) electrons. The predicted octanol–water partition coefficient (Wildman–Crippen LogP) is 1.52. The van der Waals surface area contributed by atoms with Gasteiger partial charge in [-0.15, -0.1) is 0 Å². The maximum atomic E-state index is 12.7. The van der Waals surface area contributed by atoms with Crippen LogP contribution in [0.1, 0.15) is 12.5 Å². The van der Waals surface area contributed by atoms with E-state index in [1.165, 1.54) is 24.3 Å². The number of ether oxygens (including phenoxy) is 1. The molecule has 0 spiro atoms. The number of rotatable bonds is 4. The van der Waals surface area contributed by atoms with Gasteiger partial charge in [0.2, 0.25) is 10.0 Å². The number of nitriles is 1. The van der Waals surface area contributed by atoms with Crippen LogP contribution in [0.3, 0.4) is 0 Å². The Kier molecular flexibility index (Phi) is 6.30. The second-order valence-electron chi connectivity index (χ2n) is 5.94. The number of hydrogen-bond donors (Lipinski definition) is 0. The van der Waals surface area contributed by atoms with Crippen molar-refractivity contribution in [3.8, 4) is 6.07 Å². The topological polar surface area (TPSA) is 108 Å². The molecule has 0 aliphatic carbocycles. The van der Waals surface area contributed by atoms with E-state index in [9.17, 15) is 31.2 Å². The van der Waals surface area contributed by atoms with Crippen molar-refractivity contribution in [3.63, 3.8) is 0 Å². The Bertz CT molecular complexity index is 886. The van der Waals surface area contributed by atoms with E-state index in [1.807, 2.05) is 6.07 Å². The van der Waals surface area contributed by atoms with Gasteiger partial charge in [-0.25, -0.2) is 13.2 Å². The highest BCUT2D eigenvalue weighted by Crippen LogP contribution is 2.25. The van der Waals surface area contributed by atoms with Gasteiger partial charge in [0.15, 0.2) is 5.78 Å². The highest BCUT2D eigenvalue weighted by molar-refractivity contribution is 7.89. The van der Waals surface area contributed by atoms with Crippen molar-refractivity contribution >= 4 is 21.9 Å². The summed E-state index contributed by atoms with van der Waals surface area (Å²) in [6, 6.07) is 7.11. The summed E-state index contributed by atoms with van der Waals surface area (Å²) in [4.78, 5) is 23.8. The lowest BCUT2D eigenvalue weighted by atomic mass is 10.2. The zero-order chi connectivity index (χ0) is 21.1.